The van der Waals surface area contributed by atoms with E-state index in [9.17, 15) is 4.79 Å². The highest BCUT2D eigenvalue weighted by Gasteiger charge is 2.29. The number of carbonyl (C=O) groups is 1. The Hall–Kier alpha value is -1.61. The maximum Gasteiger partial charge on any atom is 0.232 e. The molecule has 0 unspecified atom stereocenters. The zero-order chi connectivity index (χ0) is 12.5. The number of anilines is 1. The van der Waals surface area contributed by atoms with Gasteiger partial charge in [-0.1, -0.05) is 46.3 Å². The summed E-state index contributed by atoms with van der Waals surface area (Å²) in [4.78, 5) is 12.0. The molecule has 18 heavy (non-hydrogen) atoms. The van der Waals surface area contributed by atoms with Crippen LogP contribution in [0.2, 0.25) is 0 Å². The molecule has 0 fully saturated rings. The smallest absolute Gasteiger partial charge is 0.232 e. The Morgan fingerprint density at radius 2 is 1.78 bits per heavy atom. The van der Waals surface area contributed by atoms with Crippen molar-refractivity contribution in [2.45, 2.75) is 12.3 Å². The predicted molar refractivity (Wildman–Crippen MR) is 75.7 cm³/mol. The van der Waals surface area contributed by atoms with Gasteiger partial charge in [0.2, 0.25) is 5.91 Å². The first-order valence-corrected chi connectivity index (χ1v) is 6.67. The molecule has 0 spiro atoms. The first-order valence-electron chi connectivity index (χ1n) is 5.88. The molecule has 2 aromatic rings. The summed E-state index contributed by atoms with van der Waals surface area (Å²) in [5.41, 5.74) is 3.23. The van der Waals surface area contributed by atoms with Gasteiger partial charge in [0, 0.05) is 10.2 Å². The fourth-order valence-electron chi connectivity index (χ4n) is 2.33. The molecule has 90 valence electrons. The van der Waals surface area contributed by atoms with Gasteiger partial charge in [-0.25, -0.2) is 0 Å². The summed E-state index contributed by atoms with van der Waals surface area (Å²) >= 11 is 3.42. The molecule has 2 nitrogen and oxygen atoms in total. The highest BCUT2D eigenvalue weighted by atomic mass is 79.9. The molecule has 0 saturated carbocycles. The molecule has 3 rings (SSSR count). The fraction of sp³-hybridized carbons (Fsp3) is 0.133. The van der Waals surface area contributed by atoms with Crippen LogP contribution in [-0.2, 0) is 11.2 Å². The van der Waals surface area contributed by atoms with Crippen molar-refractivity contribution in [3.8, 4) is 0 Å². The van der Waals surface area contributed by atoms with Crippen molar-refractivity contribution in [2.75, 3.05) is 5.32 Å². The molecule has 1 amide bonds. The molecule has 0 saturated heterocycles. The Morgan fingerprint density at radius 1 is 1.06 bits per heavy atom. The zero-order valence-corrected chi connectivity index (χ0v) is 11.3. The SMILES string of the molecule is O=C1Nc2ccccc2[C@@H]1Cc1ccc(Br)cc1. The second-order valence-electron chi connectivity index (χ2n) is 4.46. The Morgan fingerprint density at radius 3 is 2.56 bits per heavy atom. The van der Waals surface area contributed by atoms with Crippen molar-refractivity contribution >= 4 is 27.5 Å². The number of hydrogen-bond donors (Lipinski definition) is 1. The average Bonchev–Trinajstić information content (AvgIpc) is 2.69. The number of para-hydroxylation sites is 1. The molecule has 1 aliphatic rings. The van der Waals surface area contributed by atoms with Crippen LogP contribution in [0, 0.1) is 0 Å². The minimum atomic E-state index is -0.0672. The van der Waals surface area contributed by atoms with E-state index < -0.39 is 0 Å². The van der Waals surface area contributed by atoms with Gasteiger partial charge in [0.25, 0.3) is 0 Å². The number of rotatable bonds is 2. The maximum atomic E-state index is 12.0. The summed E-state index contributed by atoms with van der Waals surface area (Å²) in [6, 6.07) is 16.0. The Labute approximate surface area is 114 Å². The van der Waals surface area contributed by atoms with E-state index in [4.69, 9.17) is 0 Å². The highest BCUT2D eigenvalue weighted by Crippen LogP contribution is 2.34. The summed E-state index contributed by atoms with van der Waals surface area (Å²) in [5, 5.41) is 2.93. The molecule has 1 atom stereocenters. The van der Waals surface area contributed by atoms with E-state index in [1.165, 1.54) is 5.56 Å². The number of carbonyl (C=O) groups excluding carboxylic acids is 1. The fourth-order valence-corrected chi connectivity index (χ4v) is 2.60. The van der Waals surface area contributed by atoms with Gasteiger partial charge in [-0.3, -0.25) is 4.79 Å². The van der Waals surface area contributed by atoms with Crippen molar-refractivity contribution in [3.05, 3.63) is 64.1 Å². The molecule has 2 aromatic carbocycles. The zero-order valence-electron chi connectivity index (χ0n) is 9.69. The monoisotopic (exact) mass is 301 g/mol. The van der Waals surface area contributed by atoms with Crippen LogP contribution in [0.1, 0.15) is 17.0 Å². The Balaban J connectivity index is 1.89. The molecular weight excluding hydrogens is 290 g/mol. The average molecular weight is 302 g/mol. The second kappa shape index (κ2) is 4.58. The van der Waals surface area contributed by atoms with Crippen molar-refractivity contribution < 1.29 is 4.79 Å². The van der Waals surface area contributed by atoms with E-state index in [1.807, 2.05) is 36.4 Å². The van der Waals surface area contributed by atoms with Crippen LogP contribution >= 0.6 is 15.9 Å². The number of hydrogen-bond acceptors (Lipinski definition) is 1. The standard InChI is InChI=1S/C15H12BrNO/c16-11-7-5-10(6-8-11)9-13-12-3-1-2-4-14(12)17-15(13)18/h1-8,13H,9H2,(H,17,18)/t13-/m0/s1. The topological polar surface area (TPSA) is 29.1 Å². The first kappa shape index (κ1) is 11.5. The summed E-state index contributed by atoms with van der Waals surface area (Å²) in [6.07, 6.45) is 0.746. The predicted octanol–water partition coefficient (Wildman–Crippen LogP) is 3.73. The molecule has 3 heteroatoms. The lowest BCUT2D eigenvalue weighted by atomic mass is 9.93. The van der Waals surface area contributed by atoms with Crippen LogP contribution in [0.3, 0.4) is 0 Å². The van der Waals surface area contributed by atoms with Gasteiger partial charge in [0.05, 0.1) is 5.92 Å². The number of fused-ring (bicyclic) bond motifs is 1. The van der Waals surface area contributed by atoms with Gasteiger partial charge in [-0.2, -0.15) is 0 Å². The van der Waals surface area contributed by atoms with Crippen molar-refractivity contribution in [2.24, 2.45) is 0 Å². The van der Waals surface area contributed by atoms with Gasteiger partial charge in [-0.15, -0.1) is 0 Å². The van der Waals surface area contributed by atoms with Gasteiger partial charge >= 0.3 is 0 Å². The van der Waals surface area contributed by atoms with Gasteiger partial charge in [0.1, 0.15) is 0 Å². The molecule has 0 aromatic heterocycles. The quantitative estimate of drug-likeness (QED) is 0.900. The second-order valence-corrected chi connectivity index (χ2v) is 5.38. The van der Waals surface area contributed by atoms with Crippen LogP contribution in [0.15, 0.2) is 53.0 Å². The molecule has 1 aliphatic heterocycles. The van der Waals surface area contributed by atoms with Crippen molar-refractivity contribution in [1.82, 2.24) is 0 Å². The summed E-state index contributed by atoms with van der Waals surface area (Å²) in [5.74, 6) is 0.0292. The van der Waals surface area contributed by atoms with Crippen LogP contribution in [-0.4, -0.2) is 5.91 Å². The third-order valence-corrected chi connectivity index (χ3v) is 3.79. The van der Waals surface area contributed by atoms with Gasteiger partial charge in [-0.05, 0) is 35.7 Å². The van der Waals surface area contributed by atoms with Crippen molar-refractivity contribution in [1.29, 1.82) is 0 Å². The summed E-state index contributed by atoms with van der Waals surface area (Å²) < 4.78 is 1.06. The molecule has 0 bridgehead atoms. The number of benzene rings is 2. The van der Waals surface area contributed by atoms with E-state index in [0.717, 1.165) is 22.1 Å². The number of nitrogens with one attached hydrogen (secondary N) is 1. The number of amides is 1. The lowest BCUT2D eigenvalue weighted by Crippen LogP contribution is -2.14. The Bertz CT molecular complexity index is 592. The highest BCUT2D eigenvalue weighted by molar-refractivity contribution is 9.10. The van der Waals surface area contributed by atoms with Crippen LogP contribution in [0.25, 0.3) is 0 Å². The molecular formula is C15H12BrNO. The lowest BCUT2D eigenvalue weighted by molar-refractivity contribution is -0.117. The minimum Gasteiger partial charge on any atom is -0.325 e. The third kappa shape index (κ3) is 2.06. The van der Waals surface area contributed by atoms with Crippen molar-refractivity contribution in [3.63, 3.8) is 0 Å². The van der Waals surface area contributed by atoms with E-state index in [-0.39, 0.29) is 11.8 Å². The van der Waals surface area contributed by atoms with Gasteiger partial charge in [0.15, 0.2) is 0 Å². The number of halogens is 1. The summed E-state index contributed by atoms with van der Waals surface area (Å²) in [6.45, 7) is 0. The minimum absolute atomic E-state index is 0.0672. The molecule has 0 aliphatic carbocycles. The molecule has 1 N–H and O–H groups in total. The van der Waals surface area contributed by atoms with E-state index in [2.05, 4.69) is 33.4 Å². The molecule has 1 heterocycles. The van der Waals surface area contributed by atoms with Gasteiger partial charge < -0.3 is 5.32 Å². The first-order chi connectivity index (χ1) is 8.74. The van der Waals surface area contributed by atoms with Crippen LogP contribution in [0.5, 0.6) is 0 Å². The van der Waals surface area contributed by atoms with Crippen LogP contribution in [0.4, 0.5) is 5.69 Å². The largest absolute Gasteiger partial charge is 0.325 e. The van der Waals surface area contributed by atoms with E-state index >= 15 is 0 Å². The lowest BCUT2D eigenvalue weighted by Gasteiger charge is -2.08. The third-order valence-electron chi connectivity index (χ3n) is 3.26. The normalized spacial score (nSPS) is 17.4. The maximum absolute atomic E-state index is 12.0. The summed E-state index contributed by atoms with van der Waals surface area (Å²) in [7, 11) is 0. The van der Waals surface area contributed by atoms with E-state index in [0.29, 0.717) is 0 Å². The molecule has 0 radical (unpaired) electrons. The van der Waals surface area contributed by atoms with Crippen LogP contribution < -0.4 is 5.32 Å². The Kier molecular flexibility index (Phi) is 2.92. The van der Waals surface area contributed by atoms with E-state index in [1.54, 1.807) is 0 Å².